The number of anilines is 2. The molecule has 0 atom stereocenters. The van der Waals surface area contributed by atoms with E-state index in [-0.39, 0.29) is 11.4 Å². The smallest absolute Gasteiger partial charge is 0.295 e. The molecule has 284 valence electrons. The van der Waals surface area contributed by atoms with Crippen LogP contribution in [0.15, 0.2) is 99.0 Å². The fraction of sp³-hybridized carbons (Fsp3) is 0.0667. The Kier molecular flexibility index (Phi) is 11.0. The molecule has 4 aromatic carbocycles. The van der Waals surface area contributed by atoms with E-state index in [0.29, 0.717) is 12.1 Å². The van der Waals surface area contributed by atoms with E-state index in [1.807, 2.05) is 0 Å². The summed E-state index contributed by atoms with van der Waals surface area (Å²) >= 11 is 0. The van der Waals surface area contributed by atoms with Gasteiger partial charge in [-0.2, -0.15) is 16.8 Å². The molecule has 0 heterocycles. The number of nitro benzene ring substituents is 2. The van der Waals surface area contributed by atoms with Crippen molar-refractivity contribution in [3.8, 4) is 0 Å². The van der Waals surface area contributed by atoms with Gasteiger partial charge in [0.2, 0.25) is 0 Å². The molecule has 0 unspecified atom stereocenters. The molecule has 2 amide bonds. The van der Waals surface area contributed by atoms with Crippen LogP contribution in [0.3, 0.4) is 0 Å². The maximum absolute atomic E-state index is 12.9. The van der Waals surface area contributed by atoms with Gasteiger partial charge in [-0.3, -0.25) is 38.9 Å². The number of nitrogens with zero attached hydrogens (tertiary/aromatic N) is 2. The highest BCUT2D eigenvalue weighted by Crippen LogP contribution is 2.35. The Balaban J connectivity index is 1.71. The van der Waals surface area contributed by atoms with Crippen molar-refractivity contribution in [1.82, 2.24) is 0 Å². The number of nitro groups is 2. The second-order valence-electron chi connectivity index (χ2n) is 11.2. The molecular weight excluding hydrogens is 801 g/mol. The summed E-state index contributed by atoms with van der Waals surface area (Å²) in [6.45, 7) is 3.68. The summed E-state index contributed by atoms with van der Waals surface area (Å²) in [6.07, 6.45) is 1.44. The molecular formula is C30H24N4O16S4. The second kappa shape index (κ2) is 14.5. The van der Waals surface area contributed by atoms with Gasteiger partial charge in [0.15, 0.2) is 19.7 Å². The third kappa shape index (κ3) is 8.99. The van der Waals surface area contributed by atoms with Crippen LogP contribution in [0.1, 0.15) is 31.8 Å². The first-order valence-electron chi connectivity index (χ1n) is 14.2. The molecule has 24 heteroatoms. The monoisotopic (exact) mass is 824 g/mol. The Morgan fingerprint density at radius 3 is 1.19 bits per heavy atom. The van der Waals surface area contributed by atoms with Gasteiger partial charge < -0.3 is 10.6 Å². The first kappa shape index (κ1) is 40.8. The highest BCUT2D eigenvalue weighted by Gasteiger charge is 2.28. The molecule has 0 spiro atoms. The summed E-state index contributed by atoms with van der Waals surface area (Å²) in [7, 11) is -18.5. The topological polar surface area (TPSA) is 321 Å². The quantitative estimate of drug-likeness (QED) is 0.0904. The molecule has 0 radical (unpaired) electrons. The number of hydrogen-bond donors (Lipinski definition) is 4. The fourth-order valence-electron chi connectivity index (χ4n) is 4.91. The Morgan fingerprint density at radius 1 is 0.574 bits per heavy atom. The van der Waals surface area contributed by atoms with E-state index in [9.17, 15) is 72.6 Å². The minimum absolute atomic E-state index is 0.322. The normalized spacial score (nSPS) is 12.1. The highest BCUT2D eigenvalue weighted by atomic mass is 32.2. The van der Waals surface area contributed by atoms with Crippen molar-refractivity contribution in [2.24, 2.45) is 0 Å². The Bertz CT molecular complexity index is 2590. The highest BCUT2D eigenvalue weighted by molar-refractivity contribution is 7.91. The van der Waals surface area contributed by atoms with Crippen molar-refractivity contribution in [1.29, 1.82) is 0 Å². The molecule has 0 aliphatic heterocycles. The van der Waals surface area contributed by atoms with Gasteiger partial charge in [0.05, 0.1) is 9.85 Å². The standard InChI is InChI=1S/C30H24N4O16S4/c1-16(21-8-6-19(14-27(21)53(45,46)47)31-29(35)17-4-10-25(51(2,41)42)23(12-17)33(37)38)22-9-7-20(15-28(22)54(48,49)50)32-30(36)18-5-11-26(52(3,43)44)24(13-18)34(39)40/h4-15H,1H2,2-3H3,(H,31,35)(H,32,36)(H,45,46,47)(H,48,49,50). The number of hydrogen-bond acceptors (Lipinski definition) is 14. The van der Waals surface area contributed by atoms with Crippen LogP contribution in [0.5, 0.6) is 0 Å². The molecule has 4 aromatic rings. The number of rotatable bonds is 12. The third-order valence-corrected chi connectivity index (χ3v) is 11.4. The second-order valence-corrected chi connectivity index (χ2v) is 17.9. The molecule has 0 saturated heterocycles. The van der Waals surface area contributed by atoms with Crippen LogP contribution in [0.4, 0.5) is 22.7 Å². The molecule has 0 bridgehead atoms. The average molecular weight is 825 g/mol. The van der Waals surface area contributed by atoms with E-state index in [2.05, 4.69) is 17.2 Å². The van der Waals surface area contributed by atoms with Crippen LogP contribution in [0.25, 0.3) is 5.57 Å². The Labute approximate surface area is 305 Å². The van der Waals surface area contributed by atoms with E-state index in [0.717, 1.165) is 73.2 Å². The van der Waals surface area contributed by atoms with Crippen LogP contribution in [0.2, 0.25) is 0 Å². The summed E-state index contributed by atoms with van der Waals surface area (Å²) < 4.78 is 118. The summed E-state index contributed by atoms with van der Waals surface area (Å²) in [5.41, 5.74) is -4.65. The maximum atomic E-state index is 12.9. The molecule has 0 aliphatic carbocycles. The summed E-state index contributed by atoms with van der Waals surface area (Å²) in [6, 6.07) is 10.5. The van der Waals surface area contributed by atoms with E-state index >= 15 is 0 Å². The molecule has 0 saturated carbocycles. The number of nitrogens with one attached hydrogen (secondary N) is 2. The lowest BCUT2D eigenvalue weighted by atomic mass is 9.98. The van der Waals surface area contributed by atoms with Gasteiger partial charge in [-0.15, -0.1) is 0 Å². The van der Waals surface area contributed by atoms with Crippen molar-refractivity contribution >= 4 is 80.0 Å². The van der Waals surface area contributed by atoms with E-state index in [1.165, 1.54) is 0 Å². The molecule has 54 heavy (non-hydrogen) atoms. The van der Waals surface area contributed by atoms with E-state index in [1.54, 1.807) is 0 Å². The first-order chi connectivity index (χ1) is 24.7. The minimum atomic E-state index is -5.20. The average Bonchev–Trinajstić information content (AvgIpc) is 3.05. The zero-order valence-corrected chi connectivity index (χ0v) is 30.5. The van der Waals surface area contributed by atoms with Crippen LogP contribution in [-0.4, -0.2) is 76.9 Å². The number of sulfone groups is 2. The number of carbonyl (C=O) groups excluding carboxylic acids is 2. The number of amides is 2. The lowest BCUT2D eigenvalue weighted by Gasteiger charge is -2.16. The van der Waals surface area contributed by atoms with Gasteiger partial charge in [-0.1, -0.05) is 18.7 Å². The van der Waals surface area contributed by atoms with Crippen molar-refractivity contribution in [2.45, 2.75) is 19.6 Å². The number of benzene rings is 4. The SMILES string of the molecule is C=C(c1ccc(NC(=O)c2ccc(S(C)(=O)=O)c([N+](=O)[O-])c2)cc1S(=O)(=O)O)c1ccc(NC(=O)c2ccc(S(C)(=O)=O)c([N+](=O)[O-])c2)cc1S(=O)(=O)O. The van der Waals surface area contributed by atoms with Crippen LogP contribution in [0, 0.1) is 20.2 Å². The molecule has 0 fully saturated rings. The lowest BCUT2D eigenvalue weighted by Crippen LogP contribution is -2.15. The van der Waals surface area contributed by atoms with Crippen molar-refractivity contribution in [3.05, 3.63) is 122 Å². The molecule has 4 N–H and O–H groups in total. The van der Waals surface area contributed by atoms with Crippen LogP contribution in [-0.2, 0) is 39.9 Å². The van der Waals surface area contributed by atoms with Gasteiger partial charge in [-0.05, 0) is 54.1 Å². The van der Waals surface area contributed by atoms with Crippen LogP contribution < -0.4 is 10.6 Å². The summed E-state index contributed by atoms with van der Waals surface area (Å²) in [5.74, 6) is -2.14. The fourth-order valence-corrected chi connectivity index (χ4v) is 8.05. The van der Waals surface area contributed by atoms with Gasteiger partial charge in [0, 0.05) is 58.3 Å². The molecule has 4 rings (SSSR count). The molecule has 20 nitrogen and oxygen atoms in total. The lowest BCUT2D eigenvalue weighted by molar-refractivity contribution is -0.388. The molecule has 0 aromatic heterocycles. The molecule has 0 aliphatic rings. The summed E-state index contributed by atoms with van der Waals surface area (Å²) in [5, 5.41) is 27.4. The van der Waals surface area contributed by atoms with Gasteiger partial charge in [0.1, 0.15) is 19.6 Å². The van der Waals surface area contributed by atoms with Crippen molar-refractivity contribution in [2.75, 3.05) is 23.1 Å². The zero-order chi connectivity index (χ0) is 40.7. The summed E-state index contributed by atoms with van der Waals surface area (Å²) in [4.78, 5) is 43.4. The number of carbonyl (C=O) groups is 2. The largest absolute Gasteiger partial charge is 0.322 e. The van der Waals surface area contributed by atoms with Crippen LogP contribution >= 0.6 is 0 Å². The van der Waals surface area contributed by atoms with Gasteiger partial charge in [-0.25, -0.2) is 16.8 Å². The van der Waals surface area contributed by atoms with Crippen molar-refractivity contribution in [3.63, 3.8) is 0 Å². The van der Waals surface area contributed by atoms with E-state index < -0.39 is 120 Å². The maximum Gasteiger partial charge on any atom is 0.295 e. The predicted octanol–water partition coefficient (Wildman–Crippen LogP) is 3.37. The Morgan fingerprint density at radius 2 is 0.907 bits per heavy atom. The van der Waals surface area contributed by atoms with Crippen molar-refractivity contribution < 1.29 is 62.2 Å². The Hall–Kier alpha value is -5.92. The zero-order valence-electron chi connectivity index (χ0n) is 27.3. The minimum Gasteiger partial charge on any atom is -0.322 e. The van der Waals surface area contributed by atoms with Gasteiger partial charge >= 0.3 is 0 Å². The third-order valence-electron chi connectivity index (χ3n) is 7.32. The first-order valence-corrected chi connectivity index (χ1v) is 20.9. The predicted molar refractivity (Wildman–Crippen MR) is 189 cm³/mol. The van der Waals surface area contributed by atoms with Gasteiger partial charge in [0.25, 0.3) is 43.4 Å². The van der Waals surface area contributed by atoms with E-state index in [4.69, 9.17) is 0 Å².